The van der Waals surface area contributed by atoms with E-state index in [4.69, 9.17) is 18.9 Å². The van der Waals surface area contributed by atoms with Crippen molar-refractivity contribution in [3.63, 3.8) is 0 Å². The van der Waals surface area contributed by atoms with Gasteiger partial charge in [0.15, 0.2) is 28.8 Å². The Kier molecular flexibility index (Phi) is 4.15. The molecule has 1 aliphatic carbocycles. The van der Waals surface area contributed by atoms with Crippen molar-refractivity contribution in [2.75, 3.05) is 21.0 Å². The van der Waals surface area contributed by atoms with Crippen molar-refractivity contribution >= 4 is 5.78 Å². The molecule has 0 aromatic heterocycles. The normalized spacial score (nSPS) is 25.4. The van der Waals surface area contributed by atoms with Crippen molar-refractivity contribution in [1.29, 1.82) is 0 Å². The van der Waals surface area contributed by atoms with Crippen LogP contribution in [0.5, 0.6) is 28.7 Å². The third-order valence-corrected chi connectivity index (χ3v) is 5.84. The highest BCUT2D eigenvalue weighted by atomic mass is 16.7. The molecular weight excluding hydrogens is 364 g/mol. The Labute approximate surface area is 162 Å². The first-order chi connectivity index (χ1) is 13.3. The highest BCUT2D eigenvalue weighted by molar-refractivity contribution is 6.05. The van der Waals surface area contributed by atoms with Crippen molar-refractivity contribution in [2.45, 2.75) is 25.4 Å². The quantitative estimate of drug-likeness (QED) is 0.838. The summed E-state index contributed by atoms with van der Waals surface area (Å²) in [5, 5.41) is 21.7. The zero-order valence-corrected chi connectivity index (χ0v) is 16.1. The molecule has 2 aromatic rings. The van der Waals surface area contributed by atoms with E-state index in [1.807, 2.05) is 0 Å². The lowest BCUT2D eigenvalue weighted by atomic mass is 9.64. The Balaban J connectivity index is 1.98. The molecule has 2 aromatic carbocycles. The second-order valence-corrected chi connectivity index (χ2v) is 7.30. The number of hydrogen-bond acceptors (Lipinski definition) is 7. The van der Waals surface area contributed by atoms with E-state index in [2.05, 4.69) is 0 Å². The molecule has 0 saturated heterocycles. The number of methoxy groups -OCH3 is 2. The highest BCUT2D eigenvalue weighted by Crippen LogP contribution is 2.52. The van der Waals surface area contributed by atoms with Gasteiger partial charge in [0.2, 0.25) is 6.79 Å². The molecule has 0 unspecified atom stereocenters. The first-order valence-corrected chi connectivity index (χ1v) is 8.95. The summed E-state index contributed by atoms with van der Waals surface area (Å²) in [5.41, 5.74) is -0.100. The summed E-state index contributed by atoms with van der Waals surface area (Å²) in [5.74, 6) is 0.452. The predicted molar refractivity (Wildman–Crippen MR) is 99.7 cm³/mol. The molecule has 0 amide bonds. The number of hydrogen-bond donors (Lipinski definition) is 2. The average molecular weight is 386 g/mol. The van der Waals surface area contributed by atoms with Crippen molar-refractivity contribution in [3.05, 3.63) is 41.0 Å². The molecule has 3 atom stereocenters. The van der Waals surface area contributed by atoms with Gasteiger partial charge in [0.05, 0.1) is 14.2 Å². The van der Waals surface area contributed by atoms with Crippen LogP contribution >= 0.6 is 0 Å². The number of carbonyl (C=O) groups excluding carboxylic acids is 1. The minimum Gasteiger partial charge on any atom is -0.508 e. The molecule has 2 aliphatic rings. The zero-order chi connectivity index (χ0) is 20.2. The van der Waals surface area contributed by atoms with E-state index in [1.165, 1.54) is 27.2 Å². The molecular formula is C21H22O7. The number of fused-ring (bicyclic) bond motifs is 2. The topological polar surface area (TPSA) is 94.5 Å². The van der Waals surface area contributed by atoms with Gasteiger partial charge in [0.1, 0.15) is 11.4 Å². The molecule has 7 nitrogen and oxygen atoms in total. The summed E-state index contributed by atoms with van der Waals surface area (Å²) in [6, 6.07) is 6.50. The maximum atomic E-state index is 13.0. The first kappa shape index (κ1) is 18.4. The maximum Gasteiger partial charge on any atom is 0.231 e. The lowest BCUT2D eigenvalue weighted by molar-refractivity contribution is 0.00428. The number of phenolic OH excluding ortho intramolecular Hbond substituents is 1. The van der Waals surface area contributed by atoms with Crippen LogP contribution in [-0.2, 0) is 0 Å². The van der Waals surface area contributed by atoms with Crippen molar-refractivity contribution in [2.24, 2.45) is 5.92 Å². The van der Waals surface area contributed by atoms with Crippen LogP contribution in [-0.4, -0.2) is 42.6 Å². The summed E-state index contributed by atoms with van der Waals surface area (Å²) >= 11 is 0. The number of ketones is 1. The van der Waals surface area contributed by atoms with E-state index < -0.39 is 23.2 Å². The maximum absolute atomic E-state index is 13.0. The number of rotatable bonds is 3. The summed E-state index contributed by atoms with van der Waals surface area (Å²) in [7, 11) is 3.00. The molecule has 0 fully saturated rings. The van der Waals surface area contributed by atoms with E-state index in [1.54, 1.807) is 25.1 Å². The van der Waals surface area contributed by atoms with Gasteiger partial charge in [-0.25, -0.2) is 0 Å². The molecule has 0 spiro atoms. The highest BCUT2D eigenvalue weighted by Gasteiger charge is 2.49. The standard InChI is InChI=1S/C21H22O7/c1-10-19(13-7-17-18(8-14(13)22)28-9-27-17)11-5-15(25-3)16(26-4)6-12(11)20(23)21(10,2)24/h5-8,10,19,22,24H,9H2,1-4H3/t10-,19+,21-/m0/s1. The van der Waals surface area contributed by atoms with Gasteiger partial charge in [-0.2, -0.15) is 0 Å². The molecule has 28 heavy (non-hydrogen) atoms. The Hall–Kier alpha value is -2.93. The predicted octanol–water partition coefficient (Wildman–Crippen LogP) is 2.85. The molecule has 1 aliphatic heterocycles. The molecule has 0 bridgehead atoms. The van der Waals surface area contributed by atoms with Crippen LogP contribution in [0, 0.1) is 5.92 Å². The average Bonchev–Trinajstić information content (AvgIpc) is 3.13. The Morgan fingerprint density at radius 1 is 1.04 bits per heavy atom. The van der Waals surface area contributed by atoms with Crippen LogP contribution in [0.15, 0.2) is 24.3 Å². The summed E-state index contributed by atoms with van der Waals surface area (Å²) in [6.07, 6.45) is 0. The molecule has 2 N–H and O–H groups in total. The molecule has 0 saturated carbocycles. The fourth-order valence-corrected chi connectivity index (χ4v) is 4.05. The van der Waals surface area contributed by atoms with E-state index in [0.29, 0.717) is 39.7 Å². The molecule has 148 valence electrons. The Morgan fingerprint density at radius 3 is 2.29 bits per heavy atom. The van der Waals surface area contributed by atoms with Crippen LogP contribution in [0.2, 0.25) is 0 Å². The van der Waals surface area contributed by atoms with Gasteiger partial charge in [-0.3, -0.25) is 4.79 Å². The van der Waals surface area contributed by atoms with E-state index in [9.17, 15) is 15.0 Å². The van der Waals surface area contributed by atoms with Crippen LogP contribution in [0.4, 0.5) is 0 Å². The lowest BCUT2D eigenvalue weighted by Gasteiger charge is -2.41. The summed E-state index contributed by atoms with van der Waals surface area (Å²) in [6.45, 7) is 3.36. The second-order valence-electron chi connectivity index (χ2n) is 7.30. The minimum absolute atomic E-state index is 0.00647. The number of aliphatic hydroxyl groups is 1. The van der Waals surface area contributed by atoms with Gasteiger partial charge >= 0.3 is 0 Å². The number of ether oxygens (including phenoxy) is 4. The number of phenols is 1. The second kappa shape index (κ2) is 6.31. The van der Waals surface area contributed by atoms with Crippen molar-refractivity contribution < 1.29 is 34.0 Å². The minimum atomic E-state index is -1.62. The van der Waals surface area contributed by atoms with Gasteiger partial charge in [0.25, 0.3) is 0 Å². The first-order valence-electron chi connectivity index (χ1n) is 8.95. The molecule has 0 radical (unpaired) electrons. The van der Waals surface area contributed by atoms with Crippen LogP contribution < -0.4 is 18.9 Å². The third kappa shape index (κ3) is 2.50. The lowest BCUT2D eigenvalue weighted by Crippen LogP contribution is -2.48. The SMILES string of the molecule is COc1cc2c(cc1OC)[C@H](c1cc3c(cc1O)OCO3)[C@H](C)[C@](C)(O)C2=O. The molecule has 4 rings (SSSR count). The fraction of sp³-hybridized carbons (Fsp3) is 0.381. The Bertz CT molecular complexity index is 964. The number of Topliss-reactive ketones (excluding diaryl/α,β-unsaturated/α-hetero) is 1. The van der Waals surface area contributed by atoms with Gasteiger partial charge < -0.3 is 29.2 Å². The van der Waals surface area contributed by atoms with Gasteiger partial charge in [-0.05, 0) is 30.7 Å². The van der Waals surface area contributed by atoms with Gasteiger partial charge in [0, 0.05) is 29.0 Å². The third-order valence-electron chi connectivity index (χ3n) is 5.84. The molecule has 7 heteroatoms. The summed E-state index contributed by atoms with van der Waals surface area (Å²) in [4.78, 5) is 13.0. The van der Waals surface area contributed by atoms with Gasteiger partial charge in [-0.1, -0.05) is 6.92 Å². The largest absolute Gasteiger partial charge is 0.508 e. The van der Waals surface area contributed by atoms with Gasteiger partial charge in [-0.15, -0.1) is 0 Å². The summed E-state index contributed by atoms with van der Waals surface area (Å²) < 4.78 is 21.5. The monoisotopic (exact) mass is 386 g/mol. The number of carbonyl (C=O) groups is 1. The number of benzene rings is 2. The van der Waals surface area contributed by atoms with Crippen LogP contribution in [0.25, 0.3) is 0 Å². The van der Waals surface area contributed by atoms with E-state index in [0.717, 1.165) is 0 Å². The number of aromatic hydroxyl groups is 1. The molecule has 1 heterocycles. The fourth-order valence-electron chi connectivity index (χ4n) is 4.05. The van der Waals surface area contributed by atoms with E-state index in [-0.39, 0.29) is 12.5 Å². The van der Waals surface area contributed by atoms with E-state index >= 15 is 0 Å². The zero-order valence-electron chi connectivity index (χ0n) is 16.1. The smallest absolute Gasteiger partial charge is 0.231 e. The van der Waals surface area contributed by atoms with Crippen LogP contribution in [0.3, 0.4) is 0 Å². The van der Waals surface area contributed by atoms with Crippen LogP contribution in [0.1, 0.15) is 41.3 Å². The van der Waals surface area contributed by atoms with Crippen molar-refractivity contribution in [1.82, 2.24) is 0 Å². The Morgan fingerprint density at radius 2 is 1.64 bits per heavy atom. The van der Waals surface area contributed by atoms with Crippen molar-refractivity contribution in [3.8, 4) is 28.7 Å².